The predicted molar refractivity (Wildman–Crippen MR) is 85.9 cm³/mol. The Morgan fingerprint density at radius 3 is 2.38 bits per heavy atom. The van der Waals surface area contributed by atoms with E-state index in [4.69, 9.17) is 4.74 Å². The maximum absolute atomic E-state index is 9.70. The number of nitrogens with zero attached hydrogens (tertiary/aromatic N) is 2. The highest BCUT2D eigenvalue weighted by atomic mass is 16.5. The fraction of sp³-hybridized carbons (Fsp3) is 0.647. The van der Waals surface area contributed by atoms with Crippen LogP contribution in [0.15, 0.2) is 18.2 Å². The molecular weight excluding hydrogens is 264 g/mol. The molecule has 1 aliphatic rings. The Bertz CT molecular complexity index is 454. The third-order valence-electron chi connectivity index (χ3n) is 4.26. The van der Waals surface area contributed by atoms with Crippen molar-refractivity contribution in [2.75, 3.05) is 39.8 Å². The van der Waals surface area contributed by atoms with Gasteiger partial charge in [0.15, 0.2) is 11.5 Å². The number of ether oxygens (including phenoxy) is 1. The molecule has 1 heterocycles. The summed E-state index contributed by atoms with van der Waals surface area (Å²) in [6, 6.07) is 6.00. The van der Waals surface area contributed by atoms with Gasteiger partial charge >= 0.3 is 0 Å². The third-order valence-corrected chi connectivity index (χ3v) is 4.26. The fourth-order valence-corrected chi connectivity index (χ4v) is 3.01. The van der Waals surface area contributed by atoms with E-state index in [0.29, 0.717) is 11.8 Å². The van der Waals surface area contributed by atoms with Crippen LogP contribution < -0.4 is 4.74 Å². The largest absolute Gasteiger partial charge is 0.504 e. The van der Waals surface area contributed by atoms with E-state index in [1.807, 2.05) is 12.1 Å². The number of phenolic OH excluding ortho intramolecular Hbond substituents is 1. The molecule has 0 spiro atoms. The first-order valence-electron chi connectivity index (χ1n) is 7.84. The lowest BCUT2D eigenvalue weighted by molar-refractivity contribution is 0.0946. The first kappa shape index (κ1) is 16.1. The molecular formula is C17H28N2O2. The minimum Gasteiger partial charge on any atom is -0.504 e. The van der Waals surface area contributed by atoms with Crippen molar-refractivity contribution in [1.82, 2.24) is 9.80 Å². The van der Waals surface area contributed by atoms with E-state index >= 15 is 0 Å². The van der Waals surface area contributed by atoms with E-state index in [0.717, 1.165) is 32.1 Å². The van der Waals surface area contributed by atoms with Crippen molar-refractivity contribution in [1.29, 1.82) is 0 Å². The van der Waals surface area contributed by atoms with E-state index in [2.05, 4.69) is 30.6 Å². The predicted octanol–water partition coefficient (Wildman–Crippen LogP) is 2.74. The summed E-state index contributed by atoms with van der Waals surface area (Å²) in [4.78, 5) is 5.05. The van der Waals surface area contributed by atoms with Crippen LogP contribution in [0, 0.1) is 5.92 Å². The third kappa shape index (κ3) is 4.11. The molecule has 118 valence electrons. The van der Waals surface area contributed by atoms with Gasteiger partial charge < -0.3 is 14.7 Å². The molecule has 0 aliphatic carbocycles. The smallest absolute Gasteiger partial charge is 0.160 e. The minimum atomic E-state index is 0.204. The Morgan fingerprint density at radius 2 is 1.81 bits per heavy atom. The summed E-state index contributed by atoms with van der Waals surface area (Å²) in [6.45, 7) is 12.4. The van der Waals surface area contributed by atoms with Gasteiger partial charge in [-0.25, -0.2) is 0 Å². The van der Waals surface area contributed by atoms with Gasteiger partial charge in [-0.2, -0.15) is 0 Å². The fourth-order valence-electron chi connectivity index (χ4n) is 3.01. The van der Waals surface area contributed by atoms with Gasteiger partial charge in [0.1, 0.15) is 0 Å². The zero-order chi connectivity index (χ0) is 15.4. The van der Waals surface area contributed by atoms with Crippen LogP contribution in [0.5, 0.6) is 11.5 Å². The standard InChI is InChI=1S/C17H28N2O2/c1-13(2)12-18-7-9-19(10-8-18)14(3)15-5-6-16(20)17(11-15)21-4/h5-6,11,13-14,20H,7-10,12H2,1-4H3. The average Bonchev–Trinajstić information content (AvgIpc) is 2.47. The lowest BCUT2D eigenvalue weighted by Crippen LogP contribution is -2.48. The van der Waals surface area contributed by atoms with Crippen molar-refractivity contribution >= 4 is 0 Å². The number of piperazine rings is 1. The molecule has 1 aliphatic heterocycles. The number of benzene rings is 1. The van der Waals surface area contributed by atoms with E-state index < -0.39 is 0 Å². The molecule has 1 N–H and O–H groups in total. The second-order valence-electron chi connectivity index (χ2n) is 6.34. The number of aromatic hydroxyl groups is 1. The van der Waals surface area contributed by atoms with Crippen LogP contribution >= 0.6 is 0 Å². The molecule has 4 heteroatoms. The summed E-state index contributed by atoms with van der Waals surface area (Å²) in [5.41, 5.74) is 1.20. The van der Waals surface area contributed by atoms with Gasteiger partial charge in [-0.05, 0) is 30.5 Å². The molecule has 1 unspecified atom stereocenters. The number of methoxy groups -OCH3 is 1. The summed E-state index contributed by atoms with van der Waals surface area (Å²) in [5.74, 6) is 1.49. The lowest BCUT2D eigenvalue weighted by atomic mass is 10.0. The SMILES string of the molecule is COc1cc(C(C)N2CCN(CC(C)C)CC2)ccc1O. The summed E-state index contributed by atoms with van der Waals surface area (Å²) in [6.07, 6.45) is 0. The van der Waals surface area contributed by atoms with E-state index in [-0.39, 0.29) is 5.75 Å². The maximum Gasteiger partial charge on any atom is 0.160 e. The van der Waals surface area contributed by atoms with Crippen LogP contribution in [0.1, 0.15) is 32.4 Å². The first-order valence-corrected chi connectivity index (χ1v) is 7.84. The highest BCUT2D eigenvalue weighted by Gasteiger charge is 2.22. The number of hydrogen-bond acceptors (Lipinski definition) is 4. The Labute approximate surface area is 128 Å². The molecule has 0 saturated carbocycles. The first-order chi connectivity index (χ1) is 10.0. The summed E-state index contributed by atoms with van der Waals surface area (Å²) in [7, 11) is 1.59. The highest BCUT2D eigenvalue weighted by Crippen LogP contribution is 2.31. The molecule has 1 saturated heterocycles. The van der Waals surface area contributed by atoms with Crippen LogP contribution in [0.3, 0.4) is 0 Å². The molecule has 1 atom stereocenters. The molecule has 0 bridgehead atoms. The number of rotatable bonds is 5. The number of phenols is 1. The molecule has 2 rings (SSSR count). The topological polar surface area (TPSA) is 35.9 Å². The van der Waals surface area contributed by atoms with Gasteiger partial charge in [0, 0.05) is 38.8 Å². The highest BCUT2D eigenvalue weighted by molar-refractivity contribution is 5.42. The second-order valence-corrected chi connectivity index (χ2v) is 6.34. The van der Waals surface area contributed by atoms with Gasteiger partial charge in [-0.15, -0.1) is 0 Å². The second kappa shape index (κ2) is 7.14. The molecule has 1 aromatic carbocycles. The van der Waals surface area contributed by atoms with Gasteiger partial charge in [0.05, 0.1) is 7.11 Å². The Hall–Kier alpha value is -1.26. The van der Waals surface area contributed by atoms with Crippen molar-refractivity contribution in [2.24, 2.45) is 5.92 Å². The zero-order valence-corrected chi connectivity index (χ0v) is 13.7. The van der Waals surface area contributed by atoms with Gasteiger partial charge in [0.2, 0.25) is 0 Å². The normalized spacial score (nSPS) is 18.9. The zero-order valence-electron chi connectivity index (χ0n) is 13.7. The summed E-state index contributed by atoms with van der Waals surface area (Å²) in [5, 5.41) is 9.70. The molecule has 0 aromatic heterocycles. The van der Waals surface area contributed by atoms with Gasteiger partial charge in [-0.3, -0.25) is 4.90 Å². The van der Waals surface area contributed by atoms with Crippen molar-refractivity contribution in [3.8, 4) is 11.5 Å². The minimum absolute atomic E-state index is 0.204. The van der Waals surface area contributed by atoms with Gasteiger partial charge in [0.25, 0.3) is 0 Å². The van der Waals surface area contributed by atoms with E-state index in [1.165, 1.54) is 12.1 Å². The van der Waals surface area contributed by atoms with E-state index in [1.54, 1.807) is 13.2 Å². The molecule has 21 heavy (non-hydrogen) atoms. The summed E-state index contributed by atoms with van der Waals surface area (Å²) < 4.78 is 5.21. The average molecular weight is 292 g/mol. The van der Waals surface area contributed by atoms with Crippen molar-refractivity contribution in [3.05, 3.63) is 23.8 Å². The molecule has 1 aromatic rings. The Kier molecular flexibility index (Phi) is 5.48. The van der Waals surface area contributed by atoms with Crippen LogP contribution in [-0.4, -0.2) is 54.7 Å². The molecule has 0 amide bonds. The molecule has 0 radical (unpaired) electrons. The van der Waals surface area contributed by atoms with Crippen LogP contribution in [0.2, 0.25) is 0 Å². The van der Waals surface area contributed by atoms with Crippen LogP contribution in [0.25, 0.3) is 0 Å². The van der Waals surface area contributed by atoms with Crippen LogP contribution in [-0.2, 0) is 0 Å². The molecule has 4 nitrogen and oxygen atoms in total. The maximum atomic E-state index is 9.70. The lowest BCUT2D eigenvalue weighted by Gasteiger charge is -2.38. The monoisotopic (exact) mass is 292 g/mol. The summed E-state index contributed by atoms with van der Waals surface area (Å²) >= 11 is 0. The van der Waals surface area contributed by atoms with Crippen molar-refractivity contribution < 1.29 is 9.84 Å². The Morgan fingerprint density at radius 1 is 1.14 bits per heavy atom. The molecule has 1 fully saturated rings. The van der Waals surface area contributed by atoms with Crippen molar-refractivity contribution in [3.63, 3.8) is 0 Å². The number of hydrogen-bond donors (Lipinski definition) is 1. The van der Waals surface area contributed by atoms with Crippen LogP contribution in [0.4, 0.5) is 0 Å². The van der Waals surface area contributed by atoms with Gasteiger partial charge in [-0.1, -0.05) is 19.9 Å². The van der Waals surface area contributed by atoms with E-state index in [9.17, 15) is 5.11 Å². The Balaban J connectivity index is 1.97. The quantitative estimate of drug-likeness (QED) is 0.905. The van der Waals surface area contributed by atoms with Crippen molar-refractivity contribution in [2.45, 2.75) is 26.8 Å².